The van der Waals surface area contributed by atoms with E-state index in [9.17, 15) is 9.59 Å². The van der Waals surface area contributed by atoms with Crippen molar-refractivity contribution >= 4 is 22.5 Å². The van der Waals surface area contributed by atoms with E-state index in [-0.39, 0.29) is 6.54 Å². The minimum atomic E-state index is -0.798. The summed E-state index contributed by atoms with van der Waals surface area (Å²) in [5.41, 5.74) is 2.00. The van der Waals surface area contributed by atoms with Gasteiger partial charge in [0.15, 0.2) is 0 Å². The summed E-state index contributed by atoms with van der Waals surface area (Å²) < 4.78 is 13.6. The third-order valence-electron chi connectivity index (χ3n) is 4.43. The van der Waals surface area contributed by atoms with Crippen LogP contribution in [0.5, 0.6) is 5.75 Å². The minimum absolute atomic E-state index is 0.0867. The van der Waals surface area contributed by atoms with E-state index in [1.807, 2.05) is 47.2 Å². The Hall–Kier alpha value is -3.63. The number of hydrogen-bond acceptors (Lipinski definition) is 4. The molecule has 29 heavy (non-hydrogen) atoms. The molecule has 0 bridgehead atoms. The SMILES string of the molecule is C#CCn1cc(Cn2oc(=O)[nH]c2=O)c2cc(OCc3cccc(Cl)c3)ccc21. The van der Waals surface area contributed by atoms with E-state index in [2.05, 4.69) is 10.9 Å². The number of hydrogen-bond donors (Lipinski definition) is 1. The largest absolute Gasteiger partial charge is 0.489 e. The fourth-order valence-electron chi connectivity index (χ4n) is 3.16. The van der Waals surface area contributed by atoms with Crippen molar-refractivity contribution in [3.8, 4) is 18.1 Å². The first-order chi connectivity index (χ1) is 14.0. The molecule has 0 unspecified atom stereocenters. The number of rotatable bonds is 6. The van der Waals surface area contributed by atoms with Crippen molar-refractivity contribution in [1.82, 2.24) is 14.3 Å². The molecule has 7 nitrogen and oxygen atoms in total. The maximum atomic E-state index is 11.8. The van der Waals surface area contributed by atoms with Crippen LogP contribution in [0.25, 0.3) is 10.9 Å². The maximum Gasteiger partial charge on any atom is 0.440 e. The normalized spacial score (nSPS) is 10.9. The van der Waals surface area contributed by atoms with Crippen LogP contribution in [0, 0.1) is 12.3 Å². The van der Waals surface area contributed by atoms with E-state index in [0.29, 0.717) is 23.9 Å². The molecule has 0 aliphatic heterocycles. The van der Waals surface area contributed by atoms with Crippen LogP contribution in [-0.4, -0.2) is 14.3 Å². The quantitative estimate of drug-likeness (QED) is 0.496. The molecule has 4 aromatic rings. The Bertz CT molecular complexity index is 1340. The van der Waals surface area contributed by atoms with Crippen LogP contribution in [0.1, 0.15) is 11.1 Å². The molecule has 0 saturated heterocycles. The van der Waals surface area contributed by atoms with Crippen LogP contribution in [0.3, 0.4) is 0 Å². The number of fused-ring (bicyclic) bond motifs is 1. The summed E-state index contributed by atoms with van der Waals surface area (Å²) in [6, 6.07) is 13.1. The fraction of sp³-hybridized carbons (Fsp3) is 0.143. The van der Waals surface area contributed by atoms with Gasteiger partial charge in [-0.2, -0.15) is 0 Å². The van der Waals surface area contributed by atoms with E-state index >= 15 is 0 Å². The summed E-state index contributed by atoms with van der Waals surface area (Å²) in [5.74, 6) is 2.46. The number of benzene rings is 2. The second kappa shape index (κ2) is 7.78. The zero-order valence-electron chi connectivity index (χ0n) is 15.2. The van der Waals surface area contributed by atoms with Gasteiger partial charge in [0.2, 0.25) is 0 Å². The topological polar surface area (TPSA) is 82.2 Å². The van der Waals surface area contributed by atoms with Crippen LogP contribution in [0.2, 0.25) is 5.02 Å². The number of terminal acetylenes is 1. The monoisotopic (exact) mass is 409 g/mol. The number of halogens is 1. The number of nitrogens with zero attached hydrogens (tertiary/aromatic N) is 2. The van der Waals surface area contributed by atoms with Gasteiger partial charge in [-0.15, -0.1) is 11.2 Å². The molecule has 0 atom stereocenters. The number of aromatic nitrogens is 3. The zero-order valence-corrected chi connectivity index (χ0v) is 16.0. The lowest BCUT2D eigenvalue weighted by Crippen LogP contribution is -2.17. The molecule has 4 rings (SSSR count). The van der Waals surface area contributed by atoms with Crippen LogP contribution in [0.15, 0.2) is 62.8 Å². The van der Waals surface area contributed by atoms with Crippen LogP contribution in [0.4, 0.5) is 0 Å². The molecular formula is C21H16ClN3O4. The Morgan fingerprint density at radius 1 is 1.21 bits per heavy atom. The molecule has 0 spiro atoms. The van der Waals surface area contributed by atoms with Crippen LogP contribution < -0.4 is 16.2 Å². The van der Waals surface area contributed by atoms with Gasteiger partial charge in [0.05, 0.1) is 13.1 Å². The summed E-state index contributed by atoms with van der Waals surface area (Å²) in [7, 11) is 0. The molecule has 0 fully saturated rings. The Balaban J connectivity index is 1.68. The molecule has 2 heterocycles. The average Bonchev–Trinajstić information content (AvgIpc) is 3.19. The highest BCUT2D eigenvalue weighted by Crippen LogP contribution is 2.27. The molecule has 0 saturated carbocycles. The number of ether oxygens (including phenoxy) is 1. The van der Waals surface area contributed by atoms with Gasteiger partial charge >= 0.3 is 11.4 Å². The molecule has 2 aromatic carbocycles. The fourth-order valence-corrected chi connectivity index (χ4v) is 3.37. The zero-order chi connectivity index (χ0) is 20.4. The summed E-state index contributed by atoms with van der Waals surface area (Å²) >= 11 is 6.01. The number of H-pyrrole nitrogens is 1. The van der Waals surface area contributed by atoms with Crippen LogP contribution in [-0.2, 0) is 19.7 Å². The van der Waals surface area contributed by atoms with Gasteiger partial charge in [-0.25, -0.2) is 14.6 Å². The van der Waals surface area contributed by atoms with E-state index in [1.54, 1.807) is 6.07 Å². The molecule has 8 heteroatoms. The molecule has 0 radical (unpaired) electrons. The lowest BCUT2D eigenvalue weighted by molar-refractivity contribution is 0.258. The first-order valence-electron chi connectivity index (χ1n) is 8.76. The first-order valence-corrected chi connectivity index (χ1v) is 9.14. The lowest BCUT2D eigenvalue weighted by Gasteiger charge is -2.08. The van der Waals surface area contributed by atoms with E-state index in [1.165, 1.54) is 0 Å². The van der Waals surface area contributed by atoms with Gasteiger partial charge in [0, 0.05) is 27.7 Å². The smallest absolute Gasteiger partial charge is 0.440 e. The second-order valence-corrected chi connectivity index (χ2v) is 6.87. The van der Waals surface area contributed by atoms with E-state index in [0.717, 1.165) is 26.8 Å². The van der Waals surface area contributed by atoms with Gasteiger partial charge in [-0.3, -0.25) is 0 Å². The average molecular weight is 410 g/mol. The molecule has 146 valence electrons. The Morgan fingerprint density at radius 2 is 2.07 bits per heavy atom. The van der Waals surface area contributed by atoms with Crippen molar-refractivity contribution in [2.24, 2.45) is 0 Å². The maximum absolute atomic E-state index is 11.8. The minimum Gasteiger partial charge on any atom is -0.489 e. The first kappa shape index (κ1) is 18.7. The van der Waals surface area contributed by atoms with Crippen molar-refractivity contribution in [1.29, 1.82) is 0 Å². The second-order valence-electron chi connectivity index (χ2n) is 6.43. The molecular weight excluding hydrogens is 394 g/mol. The molecule has 0 amide bonds. The van der Waals surface area contributed by atoms with Crippen molar-refractivity contribution in [2.45, 2.75) is 19.7 Å². The summed E-state index contributed by atoms with van der Waals surface area (Å²) in [5, 5.41) is 1.49. The third kappa shape index (κ3) is 3.98. The van der Waals surface area contributed by atoms with Crippen molar-refractivity contribution in [2.75, 3.05) is 0 Å². The predicted molar refractivity (Wildman–Crippen MR) is 109 cm³/mol. The lowest BCUT2D eigenvalue weighted by atomic mass is 10.1. The van der Waals surface area contributed by atoms with Gasteiger partial charge in [-0.05, 0) is 35.9 Å². The van der Waals surface area contributed by atoms with E-state index < -0.39 is 11.4 Å². The van der Waals surface area contributed by atoms with Gasteiger partial charge in [0.1, 0.15) is 12.4 Å². The highest BCUT2D eigenvalue weighted by Gasteiger charge is 2.13. The van der Waals surface area contributed by atoms with Crippen molar-refractivity contribution in [3.05, 3.63) is 85.8 Å². The number of nitrogens with one attached hydrogen (secondary N) is 1. The summed E-state index contributed by atoms with van der Waals surface area (Å²) in [6.07, 6.45) is 7.31. The Morgan fingerprint density at radius 3 is 2.79 bits per heavy atom. The Kier molecular flexibility index (Phi) is 5.02. The standard InChI is InChI=1S/C21H16ClN3O4/c1-2-8-24-11-15(12-25-20(26)23-21(27)29-25)18-10-17(6-7-19(18)24)28-13-14-4-3-5-16(22)9-14/h1,3-7,9-11H,8,12-13H2,(H,23,26,27). The Labute approximate surface area is 170 Å². The molecule has 0 aliphatic rings. The molecule has 2 aromatic heterocycles. The summed E-state index contributed by atoms with van der Waals surface area (Å²) in [4.78, 5) is 25.1. The highest BCUT2D eigenvalue weighted by molar-refractivity contribution is 6.30. The van der Waals surface area contributed by atoms with Crippen molar-refractivity contribution < 1.29 is 9.26 Å². The molecule has 1 N–H and O–H groups in total. The van der Waals surface area contributed by atoms with Gasteiger partial charge in [-0.1, -0.05) is 29.7 Å². The predicted octanol–water partition coefficient (Wildman–Crippen LogP) is 3.00. The van der Waals surface area contributed by atoms with Crippen molar-refractivity contribution in [3.63, 3.8) is 0 Å². The van der Waals surface area contributed by atoms with Gasteiger partial charge < -0.3 is 13.8 Å². The highest BCUT2D eigenvalue weighted by atomic mass is 35.5. The van der Waals surface area contributed by atoms with Crippen LogP contribution >= 0.6 is 11.6 Å². The summed E-state index contributed by atoms with van der Waals surface area (Å²) in [6.45, 7) is 0.813. The van der Waals surface area contributed by atoms with Gasteiger partial charge in [0.25, 0.3) is 0 Å². The number of aromatic amines is 1. The van der Waals surface area contributed by atoms with E-state index in [4.69, 9.17) is 27.3 Å². The molecule has 0 aliphatic carbocycles. The third-order valence-corrected chi connectivity index (χ3v) is 4.67.